The number of aryl methyl sites for hydroxylation is 1. The maximum Gasteiger partial charge on any atom is 0.137 e. The van der Waals surface area contributed by atoms with Crippen molar-refractivity contribution in [3.05, 3.63) is 9.88 Å². The van der Waals surface area contributed by atoms with Crippen molar-refractivity contribution >= 4 is 17.2 Å². The van der Waals surface area contributed by atoms with Gasteiger partial charge in [0.1, 0.15) is 10.8 Å². The lowest BCUT2D eigenvalue weighted by molar-refractivity contribution is 1.19. The van der Waals surface area contributed by atoms with Gasteiger partial charge in [-0.05, 0) is 6.92 Å². The Bertz CT molecular complexity index is 252. The Hall–Kier alpha value is -1.08. The van der Waals surface area contributed by atoms with E-state index in [9.17, 15) is 0 Å². The number of thiazole rings is 1. The highest BCUT2D eigenvalue weighted by molar-refractivity contribution is 7.12. The van der Waals surface area contributed by atoms with E-state index in [0.29, 0.717) is 12.2 Å². The van der Waals surface area contributed by atoms with Crippen LogP contribution in [0.15, 0.2) is 0 Å². The molecule has 1 aromatic heterocycles. The fourth-order valence-electron chi connectivity index (χ4n) is 0.608. The molecule has 0 amide bonds. The van der Waals surface area contributed by atoms with Crippen molar-refractivity contribution in [1.82, 2.24) is 4.98 Å². The van der Waals surface area contributed by atoms with Gasteiger partial charge in [-0.15, -0.1) is 11.3 Å². The molecule has 1 rings (SSSR count). The molecule has 0 aromatic carbocycles. The summed E-state index contributed by atoms with van der Waals surface area (Å²) in [4.78, 5) is 4.96. The molecule has 0 fully saturated rings. The summed E-state index contributed by atoms with van der Waals surface area (Å²) in [6, 6.07) is 2.02. The fourth-order valence-corrected chi connectivity index (χ4v) is 1.39. The third kappa shape index (κ3) is 1.25. The van der Waals surface area contributed by atoms with Gasteiger partial charge in [-0.1, -0.05) is 0 Å². The van der Waals surface area contributed by atoms with Crippen LogP contribution in [0, 0.1) is 18.3 Å². The van der Waals surface area contributed by atoms with Gasteiger partial charge >= 0.3 is 0 Å². The highest BCUT2D eigenvalue weighted by Crippen LogP contribution is 2.18. The summed E-state index contributed by atoms with van der Waals surface area (Å²) >= 11 is 1.48. The molecule has 10 heavy (non-hydrogen) atoms. The van der Waals surface area contributed by atoms with E-state index in [1.165, 1.54) is 11.3 Å². The first kappa shape index (κ1) is 7.03. The molecule has 0 spiro atoms. The molecule has 0 aliphatic heterocycles. The molecule has 1 heterocycles. The van der Waals surface area contributed by atoms with Gasteiger partial charge in [0.2, 0.25) is 0 Å². The Morgan fingerprint density at radius 2 is 2.50 bits per heavy atom. The van der Waals surface area contributed by atoms with Gasteiger partial charge in [0.05, 0.1) is 12.5 Å². The molecular formula is C6H7N3S. The Morgan fingerprint density at radius 3 is 2.90 bits per heavy atom. The molecule has 52 valence electrons. The minimum absolute atomic E-state index is 0.364. The summed E-state index contributed by atoms with van der Waals surface area (Å²) in [6.45, 7) is 1.90. The summed E-state index contributed by atoms with van der Waals surface area (Å²) in [7, 11) is 0. The fraction of sp³-hybridized carbons (Fsp3) is 0.333. The van der Waals surface area contributed by atoms with Crippen LogP contribution < -0.4 is 5.73 Å². The second-order valence-electron chi connectivity index (χ2n) is 1.88. The standard InChI is InChI=1S/C6H7N3S/c1-4-6(8)9-5(10-4)2-3-7/h2,8H2,1H3. The molecule has 0 unspecified atom stereocenters. The summed E-state index contributed by atoms with van der Waals surface area (Å²) < 4.78 is 0. The maximum atomic E-state index is 8.30. The summed E-state index contributed by atoms with van der Waals surface area (Å²) in [5, 5.41) is 9.10. The van der Waals surface area contributed by atoms with Gasteiger partial charge in [-0.25, -0.2) is 4.98 Å². The minimum atomic E-state index is 0.364. The number of nitrogens with two attached hydrogens (primary N) is 1. The van der Waals surface area contributed by atoms with Crippen molar-refractivity contribution in [2.24, 2.45) is 0 Å². The van der Waals surface area contributed by atoms with Gasteiger partial charge in [-0.2, -0.15) is 5.26 Å². The molecule has 2 N–H and O–H groups in total. The molecule has 0 saturated heterocycles. The van der Waals surface area contributed by atoms with Crippen molar-refractivity contribution < 1.29 is 0 Å². The quantitative estimate of drug-likeness (QED) is 0.657. The van der Waals surface area contributed by atoms with Crippen LogP contribution in [0.5, 0.6) is 0 Å². The molecule has 4 heteroatoms. The Balaban J connectivity index is 2.90. The zero-order valence-corrected chi connectivity index (χ0v) is 6.40. The van der Waals surface area contributed by atoms with E-state index in [2.05, 4.69) is 4.98 Å². The van der Waals surface area contributed by atoms with Crippen LogP contribution in [0.2, 0.25) is 0 Å². The van der Waals surface area contributed by atoms with Crippen LogP contribution in [-0.4, -0.2) is 4.98 Å². The summed E-state index contributed by atoms with van der Waals surface area (Å²) in [5.41, 5.74) is 5.46. The van der Waals surface area contributed by atoms with Crippen LogP contribution >= 0.6 is 11.3 Å². The largest absolute Gasteiger partial charge is 0.383 e. The summed E-state index contributed by atoms with van der Waals surface area (Å²) in [6.07, 6.45) is 0.364. The number of nitriles is 1. The average Bonchev–Trinajstić information content (AvgIpc) is 2.14. The molecule has 1 aromatic rings. The second kappa shape index (κ2) is 2.67. The molecule has 0 aliphatic rings. The van der Waals surface area contributed by atoms with Crippen molar-refractivity contribution in [3.63, 3.8) is 0 Å². The van der Waals surface area contributed by atoms with Crippen LogP contribution in [0.1, 0.15) is 9.88 Å². The van der Waals surface area contributed by atoms with E-state index in [-0.39, 0.29) is 0 Å². The number of nitrogen functional groups attached to an aromatic ring is 1. The lowest BCUT2D eigenvalue weighted by Crippen LogP contribution is -1.86. The third-order valence-electron chi connectivity index (χ3n) is 1.11. The zero-order chi connectivity index (χ0) is 7.56. The van der Waals surface area contributed by atoms with E-state index < -0.39 is 0 Å². The summed E-state index contributed by atoms with van der Waals surface area (Å²) in [5.74, 6) is 0.551. The van der Waals surface area contributed by atoms with Crippen LogP contribution in [0.4, 0.5) is 5.82 Å². The molecule has 0 radical (unpaired) electrons. The number of aromatic nitrogens is 1. The molecule has 0 aliphatic carbocycles. The molecule has 0 bridgehead atoms. The van der Waals surface area contributed by atoms with Gasteiger partial charge in [0, 0.05) is 4.88 Å². The molecular weight excluding hydrogens is 146 g/mol. The van der Waals surface area contributed by atoms with Gasteiger partial charge < -0.3 is 5.73 Å². The number of nitrogens with zero attached hydrogens (tertiary/aromatic N) is 2. The van der Waals surface area contributed by atoms with Crippen LogP contribution in [0.25, 0.3) is 0 Å². The molecule has 3 nitrogen and oxygen atoms in total. The maximum absolute atomic E-state index is 8.30. The van der Waals surface area contributed by atoms with Crippen molar-refractivity contribution in [2.45, 2.75) is 13.3 Å². The first-order valence-corrected chi connectivity index (χ1v) is 3.64. The molecule has 0 saturated carbocycles. The first-order valence-electron chi connectivity index (χ1n) is 2.82. The van der Waals surface area contributed by atoms with E-state index in [0.717, 1.165) is 9.88 Å². The second-order valence-corrected chi connectivity index (χ2v) is 3.17. The Labute approximate surface area is 63.1 Å². The zero-order valence-electron chi connectivity index (χ0n) is 5.59. The van der Waals surface area contributed by atoms with Gasteiger partial charge in [0.25, 0.3) is 0 Å². The average molecular weight is 153 g/mol. The monoisotopic (exact) mass is 153 g/mol. The van der Waals surface area contributed by atoms with Crippen LogP contribution in [-0.2, 0) is 6.42 Å². The van der Waals surface area contributed by atoms with Gasteiger partial charge in [0.15, 0.2) is 0 Å². The molecule has 0 atom stereocenters. The van der Waals surface area contributed by atoms with Crippen molar-refractivity contribution in [1.29, 1.82) is 5.26 Å². The highest BCUT2D eigenvalue weighted by Gasteiger charge is 2.01. The lowest BCUT2D eigenvalue weighted by atomic mass is 10.5. The first-order chi connectivity index (χ1) is 4.74. The van der Waals surface area contributed by atoms with E-state index in [1.54, 1.807) is 0 Å². The Kier molecular flexibility index (Phi) is 1.88. The number of rotatable bonds is 1. The SMILES string of the molecule is Cc1sc(CC#N)nc1N. The van der Waals surface area contributed by atoms with E-state index in [1.807, 2.05) is 13.0 Å². The predicted molar refractivity (Wildman–Crippen MR) is 40.6 cm³/mol. The number of hydrogen-bond acceptors (Lipinski definition) is 4. The van der Waals surface area contributed by atoms with E-state index >= 15 is 0 Å². The highest BCUT2D eigenvalue weighted by atomic mass is 32.1. The lowest BCUT2D eigenvalue weighted by Gasteiger charge is -1.79. The minimum Gasteiger partial charge on any atom is -0.383 e. The number of hydrogen-bond donors (Lipinski definition) is 1. The number of anilines is 1. The van der Waals surface area contributed by atoms with Crippen molar-refractivity contribution in [2.75, 3.05) is 5.73 Å². The van der Waals surface area contributed by atoms with Crippen molar-refractivity contribution in [3.8, 4) is 6.07 Å². The van der Waals surface area contributed by atoms with E-state index in [4.69, 9.17) is 11.0 Å². The van der Waals surface area contributed by atoms with Gasteiger partial charge in [-0.3, -0.25) is 0 Å². The third-order valence-corrected chi connectivity index (χ3v) is 2.09. The van der Waals surface area contributed by atoms with Crippen LogP contribution in [0.3, 0.4) is 0 Å². The topological polar surface area (TPSA) is 62.7 Å². The normalized spacial score (nSPS) is 9.20. The smallest absolute Gasteiger partial charge is 0.137 e. The Morgan fingerprint density at radius 1 is 1.80 bits per heavy atom. The predicted octanol–water partition coefficient (Wildman–Crippen LogP) is 1.10.